The molecule has 4 aromatic rings. The summed E-state index contributed by atoms with van der Waals surface area (Å²) in [6, 6.07) is 5.00. The topological polar surface area (TPSA) is 110 Å². The van der Waals surface area contributed by atoms with Crippen LogP contribution in [0.5, 0.6) is 0 Å². The molecule has 0 radical (unpaired) electrons. The number of imidazole rings is 1. The number of carbonyl (C=O) groups is 1. The van der Waals surface area contributed by atoms with Crippen LogP contribution in [0.1, 0.15) is 68.9 Å². The molecule has 1 aliphatic carbocycles. The summed E-state index contributed by atoms with van der Waals surface area (Å²) in [7, 11) is 0. The van der Waals surface area contributed by atoms with Gasteiger partial charge in [-0.2, -0.15) is 0 Å². The number of pyridine rings is 2. The lowest BCUT2D eigenvalue weighted by atomic mass is 9.94. The van der Waals surface area contributed by atoms with E-state index in [1.165, 1.54) is 5.56 Å². The van der Waals surface area contributed by atoms with Crippen LogP contribution in [0.2, 0.25) is 0 Å². The Balaban J connectivity index is 1.44. The fraction of sp³-hybridized carbons (Fsp3) is 0.294. The third-order valence-electron chi connectivity index (χ3n) is 7.94. The molecular formula is C34H37N7O. The molecule has 42 heavy (non-hydrogen) atoms. The van der Waals surface area contributed by atoms with Crippen molar-refractivity contribution in [2.24, 2.45) is 11.3 Å². The predicted molar refractivity (Wildman–Crippen MR) is 168 cm³/mol. The number of nitrogens with zero attached hydrogens (tertiary/aromatic N) is 4. The molecule has 1 saturated heterocycles. The van der Waals surface area contributed by atoms with Gasteiger partial charge >= 0.3 is 0 Å². The van der Waals surface area contributed by atoms with E-state index in [0.29, 0.717) is 12.0 Å². The van der Waals surface area contributed by atoms with Crippen molar-refractivity contribution in [3.8, 4) is 5.69 Å². The molecule has 3 atom stereocenters. The summed E-state index contributed by atoms with van der Waals surface area (Å²) in [5.74, 6) is 0.298. The molecule has 0 spiro atoms. The maximum Gasteiger partial charge on any atom is 0.229 e. The minimum Gasteiger partial charge on any atom is -0.353 e. The summed E-state index contributed by atoms with van der Waals surface area (Å²) in [5, 5.41) is 7.74. The maximum atomic E-state index is 12.6. The van der Waals surface area contributed by atoms with Gasteiger partial charge in [-0.1, -0.05) is 52.5 Å². The molecule has 2 aliphatic rings. The van der Waals surface area contributed by atoms with E-state index in [2.05, 4.69) is 57.3 Å². The molecule has 0 saturated carbocycles. The van der Waals surface area contributed by atoms with Crippen molar-refractivity contribution in [2.75, 3.05) is 0 Å². The summed E-state index contributed by atoms with van der Waals surface area (Å²) >= 11 is 0. The lowest BCUT2D eigenvalue weighted by Gasteiger charge is -2.18. The molecule has 1 amide bonds. The van der Waals surface area contributed by atoms with Gasteiger partial charge in [-0.25, -0.2) is 4.98 Å². The molecule has 6 rings (SSSR count). The highest BCUT2D eigenvalue weighted by atomic mass is 16.2. The minimum atomic E-state index is -0.490. The van der Waals surface area contributed by atoms with Crippen LogP contribution in [0.4, 0.5) is 0 Å². The Hall–Kier alpha value is -4.56. The average molecular weight is 560 g/mol. The van der Waals surface area contributed by atoms with E-state index in [-0.39, 0.29) is 11.9 Å². The molecule has 0 bridgehead atoms. The van der Waals surface area contributed by atoms with Gasteiger partial charge in [-0.05, 0) is 49.1 Å². The number of nitrogens with one attached hydrogen (secondary N) is 3. The van der Waals surface area contributed by atoms with Gasteiger partial charge in [0, 0.05) is 51.8 Å². The number of allylic oxidation sites excluding steroid dienone is 5. The van der Waals surface area contributed by atoms with Gasteiger partial charge in [0.1, 0.15) is 0 Å². The second kappa shape index (κ2) is 10.4. The van der Waals surface area contributed by atoms with Gasteiger partial charge < -0.3 is 20.2 Å². The zero-order chi connectivity index (χ0) is 29.8. The van der Waals surface area contributed by atoms with Crippen molar-refractivity contribution < 1.29 is 4.79 Å². The quantitative estimate of drug-likeness (QED) is 0.193. The highest BCUT2D eigenvalue weighted by molar-refractivity contribution is 5.94. The number of aromatic amines is 1. The van der Waals surface area contributed by atoms with Crippen LogP contribution in [-0.4, -0.2) is 36.5 Å². The highest BCUT2D eigenvalue weighted by Gasteiger charge is 2.44. The summed E-state index contributed by atoms with van der Waals surface area (Å²) < 4.78 is 2.01. The van der Waals surface area contributed by atoms with Crippen LogP contribution in [0.3, 0.4) is 0 Å². The predicted octanol–water partition coefficient (Wildman–Crippen LogP) is 6.18. The Morgan fingerprint density at radius 1 is 1.17 bits per heavy atom. The highest BCUT2D eigenvalue weighted by Crippen LogP contribution is 2.45. The second-order valence-corrected chi connectivity index (χ2v) is 12.4. The van der Waals surface area contributed by atoms with Crippen molar-refractivity contribution in [1.29, 1.82) is 0 Å². The molecule has 5 heterocycles. The van der Waals surface area contributed by atoms with Gasteiger partial charge in [0.2, 0.25) is 5.91 Å². The first-order valence-corrected chi connectivity index (χ1v) is 14.3. The van der Waals surface area contributed by atoms with Gasteiger partial charge in [0.15, 0.2) is 0 Å². The van der Waals surface area contributed by atoms with E-state index in [4.69, 9.17) is 4.98 Å². The fourth-order valence-electron chi connectivity index (χ4n) is 5.60. The van der Waals surface area contributed by atoms with E-state index in [9.17, 15) is 4.79 Å². The summed E-state index contributed by atoms with van der Waals surface area (Å²) in [4.78, 5) is 30.1. The molecule has 3 unspecified atom stereocenters. The van der Waals surface area contributed by atoms with Crippen LogP contribution in [-0.2, 0) is 4.79 Å². The zero-order valence-corrected chi connectivity index (χ0v) is 25.0. The third kappa shape index (κ3) is 5.14. The molecule has 0 aromatic carbocycles. The van der Waals surface area contributed by atoms with Gasteiger partial charge in [-0.15, -0.1) is 0 Å². The second-order valence-electron chi connectivity index (χ2n) is 12.4. The number of aryl methyl sites for hydroxylation is 1. The maximum absolute atomic E-state index is 12.6. The Morgan fingerprint density at radius 2 is 1.98 bits per heavy atom. The van der Waals surface area contributed by atoms with Crippen LogP contribution in [0.15, 0.2) is 79.8 Å². The van der Waals surface area contributed by atoms with E-state index in [1.54, 1.807) is 6.08 Å². The van der Waals surface area contributed by atoms with E-state index < -0.39 is 5.41 Å². The Morgan fingerprint density at radius 3 is 2.69 bits per heavy atom. The SMILES string of the molecule is C=C/C=C(\C=C(/C)NC(=O)C(C)(C)C)c1cc2c(cn1)C1NC1C(C)C=C2c1cc2c(-n3cnc(C)c3)cncc2[nH]1. The lowest BCUT2D eigenvalue weighted by Crippen LogP contribution is -2.33. The normalized spacial score (nSPS) is 20.4. The van der Waals surface area contributed by atoms with E-state index in [1.807, 2.05) is 82.5 Å². The van der Waals surface area contributed by atoms with Gasteiger partial charge in [0.05, 0.1) is 47.4 Å². The molecule has 1 fully saturated rings. The first-order valence-electron chi connectivity index (χ1n) is 14.3. The first kappa shape index (κ1) is 27.6. The van der Waals surface area contributed by atoms with E-state index in [0.717, 1.165) is 56.1 Å². The average Bonchev–Trinajstić information content (AvgIpc) is 3.46. The molecular weight excluding hydrogens is 522 g/mol. The fourth-order valence-corrected chi connectivity index (χ4v) is 5.60. The number of hydrogen-bond donors (Lipinski definition) is 3. The van der Waals surface area contributed by atoms with Crippen LogP contribution in [0, 0.1) is 18.3 Å². The Bertz CT molecular complexity index is 1810. The van der Waals surface area contributed by atoms with Crippen molar-refractivity contribution in [1.82, 2.24) is 35.1 Å². The van der Waals surface area contributed by atoms with Crippen molar-refractivity contribution in [3.63, 3.8) is 0 Å². The molecule has 8 nitrogen and oxygen atoms in total. The Labute approximate surface area is 246 Å². The monoisotopic (exact) mass is 559 g/mol. The first-order chi connectivity index (χ1) is 20.0. The molecule has 1 aliphatic heterocycles. The summed E-state index contributed by atoms with van der Waals surface area (Å²) in [5.41, 5.74) is 9.31. The van der Waals surface area contributed by atoms with Gasteiger partial charge in [0.25, 0.3) is 0 Å². The van der Waals surface area contributed by atoms with Crippen molar-refractivity contribution >= 4 is 28.0 Å². The number of amides is 1. The summed E-state index contributed by atoms with van der Waals surface area (Å²) in [6.07, 6.45) is 17.6. The van der Waals surface area contributed by atoms with Crippen LogP contribution >= 0.6 is 0 Å². The van der Waals surface area contributed by atoms with Crippen LogP contribution in [0.25, 0.3) is 27.7 Å². The molecule has 4 aromatic heterocycles. The van der Waals surface area contributed by atoms with Crippen LogP contribution < -0.4 is 10.6 Å². The Kier molecular flexibility index (Phi) is 6.81. The number of carbonyl (C=O) groups excluding carboxylic acids is 1. The smallest absolute Gasteiger partial charge is 0.229 e. The third-order valence-corrected chi connectivity index (χ3v) is 7.94. The largest absolute Gasteiger partial charge is 0.353 e. The lowest BCUT2D eigenvalue weighted by molar-refractivity contribution is -0.127. The number of rotatable bonds is 6. The number of fused-ring (bicyclic) bond motifs is 4. The molecule has 3 N–H and O–H groups in total. The van der Waals surface area contributed by atoms with E-state index >= 15 is 0 Å². The number of H-pyrrole nitrogens is 1. The number of aromatic nitrogens is 5. The number of hydrogen-bond acceptors (Lipinski definition) is 5. The molecule has 214 valence electrons. The standard InChI is InChI=1S/C34H37N7O/c1-8-9-22(11-20(3)38-33(42)34(5,6)7)27-12-23-24(10-19(2)31-32(40-31)26(23)14-36-27)28-13-25-29(39-28)15-35-16-30(25)41-17-21(4)37-18-41/h8-19,31-32,39-40H,1H2,2-7H3,(H,38,42)/b20-11+,22-9+. The minimum absolute atomic E-state index is 0.0346. The zero-order valence-electron chi connectivity index (χ0n) is 25.0. The van der Waals surface area contributed by atoms with Gasteiger partial charge in [-0.3, -0.25) is 14.8 Å². The van der Waals surface area contributed by atoms with Crippen molar-refractivity contribution in [3.05, 3.63) is 108 Å². The molecule has 8 heteroatoms. The van der Waals surface area contributed by atoms with Crippen molar-refractivity contribution in [2.45, 2.75) is 53.6 Å². The summed E-state index contributed by atoms with van der Waals surface area (Å²) in [6.45, 7) is 15.8.